The van der Waals surface area contributed by atoms with Crippen LogP contribution in [-0.4, -0.2) is 30.6 Å². The van der Waals surface area contributed by atoms with Gasteiger partial charge in [0.1, 0.15) is 0 Å². The average Bonchev–Trinajstić information content (AvgIpc) is 2.53. The number of carbonyl (C=O) groups excluding carboxylic acids is 2. The molecule has 0 heterocycles. The highest BCUT2D eigenvalue weighted by Gasteiger charge is 2.51. The van der Waals surface area contributed by atoms with Gasteiger partial charge in [-0.25, -0.2) is 4.79 Å². The van der Waals surface area contributed by atoms with Gasteiger partial charge in [-0.05, 0) is 82.0 Å². The van der Waals surface area contributed by atoms with Gasteiger partial charge in [0.25, 0.3) is 0 Å². The number of rotatable bonds is 3. The predicted octanol–water partition coefficient (Wildman–Crippen LogP) is 2.56. The highest BCUT2D eigenvalue weighted by molar-refractivity contribution is 5.78. The number of amides is 3. The Hall–Kier alpha value is -1.26. The SMILES string of the molecule is CNC(=O)C1CCC(NC(=O)NC23CC4CC(CC(C4)C2)C3)CC1. The fraction of sp³-hybridized carbons (Fsp3) is 0.895. The Balaban J connectivity index is 1.28. The summed E-state index contributed by atoms with van der Waals surface area (Å²) in [6, 6.07) is 0.250. The van der Waals surface area contributed by atoms with Crippen LogP contribution in [0.2, 0.25) is 0 Å². The van der Waals surface area contributed by atoms with Crippen LogP contribution in [0.3, 0.4) is 0 Å². The third kappa shape index (κ3) is 3.14. The monoisotopic (exact) mass is 333 g/mol. The van der Waals surface area contributed by atoms with E-state index < -0.39 is 0 Å². The van der Waals surface area contributed by atoms with Crippen LogP contribution in [0.5, 0.6) is 0 Å². The minimum Gasteiger partial charge on any atom is -0.359 e. The first kappa shape index (κ1) is 16.2. The molecule has 0 aliphatic heterocycles. The molecule has 3 N–H and O–H groups in total. The van der Waals surface area contributed by atoms with E-state index in [9.17, 15) is 9.59 Å². The zero-order chi connectivity index (χ0) is 16.7. The number of carbonyl (C=O) groups is 2. The molecular formula is C19H31N3O2. The fourth-order valence-corrected chi connectivity index (χ4v) is 6.43. The van der Waals surface area contributed by atoms with Crippen LogP contribution >= 0.6 is 0 Å². The molecule has 0 unspecified atom stereocenters. The standard InChI is InChI=1S/C19H31N3O2/c1-20-17(23)15-2-4-16(5-3-15)21-18(24)22-19-9-12-6-13(10-19)8-14(7-12)11-19/h12-16H,2-11H2,1H3,(H,20,23)(H2,21,22,24). The summed E-state index contributed by atoms with van der Waals surface area (Å²) in [5.74, 6) is 2.81. The molecule has 5 rings (SSSR count). The van der Waals surface area contributed by atoms with Crippen molar-refractivity contribution in [3.05, 3.63) is 0 Å². The summed E-state index contributed by atoms with van der Waals surface area (Å²) in [6.45, 7) is 0. The quantitative estimate of drug-likeness (QED) is 0.743. The highest BCUT2D eigenvalue weighted by atomic mass is 16.2. The van der Waals surface area contributed by atoms with Crippen molar-refractivity contribution in [1.82, 2.24) is 16.0 Å². The Morgan fingerprint density at radius 1 is 0.875 bits per heavy atom. The van der Waals surface area contributed by atoms with Crippen molar-refractivity contribution in [3.63, 3.8) is 0 Å². The molecule has 4 bridgehead atoms. The predicted molar refractivity (Wildman–Crippen MR) is 92.4 cm³/mol. The lowest BCUT2D eigenvalue weighted by Gasteiger charge is -2.56. The Morgan fingerprint density at radius 3 is 1.92 bits per heavy atom. The van der Waals surface area contributed by atoms with Crippen molar-refractivity contribution in [3.8, 4) is 0 Å². The summed E-state index contributed by atoms with van der Waals surface area (Å²) in [4.78, 5) is 24.3. The molecule has 0 aromatic carbocycles. The second kappa shape index (κ2) is 6.23. The van der Waals surface area contributed by atoms with E-state index in [4.69, 9.17) is 0 Å². The van der Waals surface area contributed by atoms with Gasteiger partial charge in [-0.15, -0.1) is 0 Å². The molecule has 24 heavy (non-hydrogen) atoms. The fourth-order valence-electron chi connectivity index (χ4n) is 6.43. The summed E-state index contributed by atoms with van der Waals surface area (Å²) in [5, 5.41) is 9.31. The van der Waals surface area contributed by atoms with Gasteiger partial charge >= 0.3 is 6.03 Å². The molecule has 5 fully saturated rings. The van der Waals surface area contributed by atoms with Gasteiger partial charge in [-0.3, -0.25) is 4.79 Å². The van der Waals surface area contributed by atoms with E-state index in [2.05, 4.69) is 16.0 Å². The van der Waals surface area contributed by atoms with Gasteiger partial charge in [-0.2, -0.15) is 0 Å². The normalized spacial score (nSPS) is 43.3. The second-order valence-corrected chi connectivity index (χ2v) is 8.96. The number of hydrogen-bond acceptors (Lipinski definition) is 2. The summed E-state index contributed by atoms with van der Waals surface area (Å²) in [7, 11) is 1.70. The molecule has 5 aliphatic rings. The first-order valence-electron chi connectivity index (χ1n) is 9.85. The third-order valence-electron chi connectivity index (χ3n) is 7.10. The topological polar surface area (TPSA) is 70.2 Å². The minimum absolute atomic E-state index is 0.0281. The van der Waals surface area contributed by atoms with Crippen LogP contribution in [0.4, 0.5) is 4.79 Å². The smallest absolute Gasteiger partial charge is 0.315 e. The molecule has 0 aromatic rings. The van der Waals surface area contributed by atoms with E-state index >= 15 is 0 Å². The molecule has 5 heteroatoms. The zero-order valence-electron chi connectivity index (χ0n) is 14.8. The van der Waals surface area contributed by atoms with Crippen LogP contribution < -0.4 is 16.0 Å². The second-order valence-electron chi connectivity index (χ2n) is 8.96. The third-order valence-corrected chi connectivity index (χ3v) is 7.10. The highest BCUT2D eigenvalue weighted by Crippen LogP contribution is 2.55. The number of hydrogen-bond donors (Lipinski definition) is 3. The van der Waals surface area contributed by atoms with E-state index in [1.54, 1.807) is 7.05 Å². The Labute approximate surface area is 144 Å². The van der Waals surface area contributed by atoms with Crippen LogP contribution in [0.1, 0.15) is 64.2 Å². The summed E-state index contributed by atoms with van der Waals surface area (Å²) in [6.07, 6.45) is 11.3. The van der Waals surface area contributed by atoms with E-state index in [-0.39, 0.29) is 29.4 Å². The van der Waals surface area contributed by atoms with Crippen molar-refractivity contribution >= 4 is 11.9 Å². The molecule has 5 nitrogen and oxygen atoms in total. The Morgan fingerprint density at radius 2 is 1.42 bits per heavy atom. The molecular weight excluding hydrogens is 302 g/mol. The lowest BCUT2D eigenvalue weighted by molar-refractivity contribution is -0.125. The number of nitrogens with one attached hydrogen (secondary N) is 3. The molecule has 5 saturated carbocycles. The Kier molecular flexibility index (Phi) is 4.21. The van der Waals surface area contributed by atoms with Crippen molar-refractivity contribution in [2.75, 3.05) is 7.05 Å². The van der Waals surface area contributed by atoms with Crippen LogP contribution in [0, 0.1) is 23.7 Å². The molecule has 0 spiro atoms. The van der Waals surface area contributed by atoms with Crippen LogP contribution in [0.15, 0.2) is 0 Å². The maximum absolute atomic E-state index is 12.6. The van der Waals surface area contributed by atoms with E-state index in [1.807, 2.05) is 0 Å². The number of urea groups is 1. The zero-order valence-corrected chi connectivity index (χ0v) is 14.8. The maximum atomic E-state index is 12.6. The van der Waals surface area contributed by atoms with Crippen molar-refractivity contribution in [1.29, 1.82) is 0 Å². The lowest BCUT2D eigenvalue weighted by Crippen LogP contribution is -2.62. The molecule has 3 amide bonds. The molecule has 0 aromatic heterocycles. The molecule has 5 aliphatic carbocycles. The van der Waals surface area contributed by atoms with Gasteiger partial charge in [0.05, 0.1) is 0 Å². The summed E-state index contributed by atoms with van der Waals surface area (Å²) in [5.41, 5.74) is 0.0815. The van der Waals surface area contributed by atoms with E-state index in [0.717, 1.165) is 43.4 Å². The van der Waals surface area contributed by atoms with Crippen LogP contribution in [-0.2, 0) is 4.79 Å². The first-order chi connectivity index (χ1) is 11.5. The van der Waals surface area contributed by atoms with Crippen LogP contribution in [0.25, 0.3) is 0 Å². The largest absolute Gasteiger partial charge is 0.359 e. The molecule has 0 saturated heterocycles. The molecule has 0 radical (unpaired) electrons. The Bertz CT molecular complexity index is 475. The van der Waals surface area contributed by atoms with E-state index in [0.29, 0.717) is 0 Å². The van der Waals surface area contributed by atoms with Crippen molar-refractivity contribution in [2.24, 2.45) is 23.7 Å². The molecule has 0 atom stereocenters. The van der Waals surface area contributed by atoms with Gasteiger partial charge < -0.3 is 16.0 Å². The maximum Gasteiger partial charge on any atom is 0.315 e. The lowest BCUT2D eigenvalue weighted by atomic mass is 9.53. The van der Waals surface area contributed by atoms with Gasteiger partial charge in [0.15, 0.2) is 0 Å². The van der Waals surface area contributed by atoms with E-state index in [1.165, 1.54) is 38.5 Å². The molecule has 134 valence electrons. The van der Waals surface area contributed by atoms with Crippen molar-refractivity contribution in [2.45, 2.75) is 75.8 Å². The van der Waals surface area contributed by atoms with Gasteiger partial charge in [-0.1, -0.05) is 0 Å². The first-order valence-corrected chi connectivity index (χ1v) is 9.85. The summed E-state index contributed by atoms with van der Waals surface area (Å²) < 4.78 is 0. The van der Waals surface area contributed by atoms with Crippen molar-refractivity contribution < 1.29 is 9.59 Å². The minimum atomic E-state index is 0.0281. The average molecular weight is 333 g/mol. The summed E-state index contributed by atoms with van der Waals surface area (Å²) >= 11 is 0. The van der Waals surface area contributed by atoms with Gasteiger partial charge in [0.2, 0.25) is 5.91 Å². The van der Waals surface area contributed by atoms with Gasteiger partial charge in [0, 0.05) is 24.5 Å².